The third-order valence-electron chi connectivity index (χ3n) is 8.86. The van der Waals surface area contributed by atoms with E-state index in [1.54, 1.807) is 0 Å². The van der Waals surface area contributed by atoms with Gasteiger partial charge in [0.1, 0.15) is 6.10 Å². The number of nitriles is 1. The van der Waals surface area contributed by atoms with Gasteiger partial charge in [0.05, 0.1) is 23.2 Å². The van der Waals surface area contributed by atoms with Gasteiger partial charge in [0.2, 0.25) is 0 Å². The largest absolute Gasteiger partial charge is 0.388 e. The molecule has 1 spiro atoms. The fourth-order valence-electron chi connectivity index (χ4n) is 6.98. The zero-order chi connectivity index (χ0) is 23.9. The summed E-state index contributed by atoms with van der Waals surface area (Å²) < 4.78 is 7.07. The Bertz CT molecular complexity index is 1180. The molecule has 2 heterocycles. The number of nitrogens with zero attached hydrogens (tertiary/aromatic N) is 2. The van der Waals surface area contributed by atoms with Crippen LogP contribution in [0.5, 0.6) is 0 Å². The number of hydrogen-bond donors (Lipinski definition) is 1. The third kappa shape index (κ3) is 3.20. The van der Waals surface area contributed by atoms with E-state index in [1.807, 2.05) is 0 Å². The summed E-state index contributed by atoms with van der Waals surface area (Å²) in [5, 5.41) is 21.1. The number of ether oxygens (including phenoxy) is 1. The summed E-state index contributed by atoms with van der Waals surface area (Å²) in [6, 6.07) is 11.1. The smallest absolute Gasteiger partial charge is 0.111 e. The van der Waals surface area contributed by atoms with Crippen LogP contribution in [-0.2, 0) is 22.2 Å². The molecule has 178 valence electrons. The molecule has 1 N–H and O–H groups in total. The van der Waals surface area contributed by atoms with Crippen LogP contribution in [0.15, 0.2) is 24.3 Å². The predicted octanol–water partition coefficient (Wildman–Crippen LogP) is 6.65. The average Bonchev–Trinajstić information content (AvgIpc) is 3.34. The van der Waals surface area contributed by atoms with E-state index >= 15 is 0 Å². The highest BCUT2D eigenvalue weighted by Crippen LogP contribution is 2.59. The van der Waals surface area contributed by atoms with Crippen molar-refractivity contribution in [3.05, 3.63) is 63.5 Å². The Kier molecular flexibility index (Phi) is 4.84. The standard InChI is InChI=1S/C30H36N2O2/c1-18(2)26-24-25(23-21(32-26)15-28(3,4)16-22(23)33)30(11-5-6-12-30)34-27(24)19-7-9-20(10-8-19)29(17-31)13-14-29/h7-10,18,22,27,33H,5-6,11-16H2,1-4H3/t22-,27+/m0/s1. The Morgan fingerprint density at radius 1 is 1.06 bits per heavy atom. The molecule has 2 aromatic rings. The van der Waals surface area contributed by atoms with Gasteiger partial charge in [-0.15, -0.1) is 0 Å². The van der Waals surface area contributed by atoms with E-state index in [0.29, 0.717) is 0 Å². The molecule has 34 heavy (non-hydrogen) atoms. The van der Waals surface area contributed by atoms with E-state index in [1.165, 1.54) is 11.1 Å². The SMILES string of the molecule is CC(C)c1nc2c(c3c1[C@@H](c1ccc(C4(C#N)CC4)cc1)OC31CCCC1)[C@@H](O)CC(C)(C)C2. The lowest BCUT2D eigenvalue weighted by molar-refractivity contribution is -0.0580. The maximum absolute atomic E-state index is 11.4. The second-order valence-electron chi connectivity index (χ2n) is 12.4. The quantitative estimate of drug-likeness (QED) is 0.561. The average molecular weight is 457 g/mol. The third-order valence-corrected chi connectivity index (χ3v) is 8.86. The summed E-state index contributed by atoms with van der Waals surface area (Å²) in [5.74, 6) is 0.275. The highest BCUT2D eigenvalue weighted by molar-refractivity contribution is 5.55. The maximum Gasteiger partial charge on any atom is 0.111 e. The lowest BCUT2D eigenvalue weighted by Gasteiger charge is -2.38. The fraction of sp³-hybridized carbons (Fsp3) is 0.600. The van der Waals surface area contributed by atoms with Crippen LogP contribution in [0.4, 0.5) is 0 Å². The lowest BCUT2D eigenvalue weighted by atomic mass is 9.70. The lowest BCUT2D eigenvalue weighted by Crippen LogP contribution is -2.32. The van der Waals surface area contributed by atoms with Crippen molar-refractivity contribution < 1.29 is 9.84 Å². The van der Waals surface area contributed by atoms with Crippen LogP contribution in [-0.4, -0.2) is 10.1 Å². The molecule has 4 heteroatoms. The van der Waals surface area contributed by atoms with E-state index in [9.17, 15) is 10.4 Å². The minimum Gasteiger partial charge on any atom is -0.388 e. The summed E-state index contributed by atoms with van der Waals surface area (Å²) in [6.45, 7) is 8.93. The van der Waals surface area contributed by atoms with Gasteiger partial charge >= 0.3 is 0 Å². The Balaban J connectivity index is 1.54. The molecule has 4 aliphatic rings. The van der Waals surface area contributed by atoms with Gasteiger partial charge in [-0.05, 0) is 66.5 Å². The molecular weight excluding hydrogens is 420 g/mol. The van der Waals surface area contributed by atoms with Crippen molar-refractivity contribution in [2.75, 3.05) is 0 Å². The Morgan fingerprint density at radius 2 is 1.74 bits per heavy atom. The molecule has 2 atom stereocenters. The number of aliphatic hydroxyl groups excluding tert-OH is 1. The summed E-state index contributed by atoms with van der Waals surface area (Å²) >= 11 is 0. The van der Waals surface area contributed by atoms with Crippen LogP contribution >= 0.6 is 0 Å². The molecular formula is C30H36N2O2. The molecule has 0 bridgehead atoms. The van der Waals surface area contributed by atoms with Crippen molar-refractivity contribution >= 4 is 0 Å². The molecule has 0 radical (unpaired) electrons. The van der Waals surface area contributed by atoms with Crippen molar-refractivity contribution in [2.24, 2.45) is 5.41 Å². The zero-order valence-corrected chi connectivity index (χ0v) is 20.9. The first-order chi connectivity index (χ1) is 16.2. The number of fused-ring (bicyclic) bond motifs is 4. The molecule has 1 aliphatic heterocycles. The van der Waals surface area contributed by atoms with Crippen LogP contribution in [0.25, 0.3) is 0 Å². The first-order valence-corrected chi connectivity index (χ1v) is 13.1. The summed E-state index contributed by atoms with van der Waals surface area (Å²) in [7, 11) is 0. The number of benzene rings is 1. The minimum absolute atomic E-state index is 0.0406. The van der Waals surface area contributed by atoms with Gasteiger partial charge in [0, 0.05) is 22.5 Å². The Morgan fingerprint density at radius 3 is 2.32 bits per heavy atom. The van der Waals surface area contributed by atoms with Gasteiger partial charge in [-0.2, -0.15) is 5.26 Å². The van der Waals surface area contributed by atoms with Crippen molar-refractivity contribution in [1.29, 1.82) is 5.26 Å². The Hall–Kier alpha value is -2.22. The first-order valence-electron chi connectivity index (χ1n) is 13.1. The van der Waals surface area contributed by atoms with Gasteiger partial charge in [0.25, 0.3) is 0 Å². The molecule has 6 rings (SSSR count). The molecule has 0 saturated heterocycles. The number of hydrogen-bond acceptors (Lipinski definition) is 4. The van der Waals surface area contributed by atoms with Gasteiger partial charge in [0.15, 0.2) is 0 Å². The molecule has 2 fully saturated rings. The second-order valence-corrected chi connectivity index (χ2v) is 12.4. The van der Waals surface area contributed by atoms with Crippen LogP contribution < -0.4 is 0 Å². The van der Waals surface area contributed by atoms with E-state index in [0.717, 1.165) is 79.4 Å². The van der Waals surface area contributed by atoms with Crippen LogP contribution in [0, 0.1) is 16.7 Å². The molecule has 3 aliphatic carbocycles. The summed E-state index contributed by atoms with van der Waals surface area (Å²) in [6.07, 6.45) is 7.25. The van der Waals surface area contributed by atoms with Gasteiger partial charge < -0.3 is 9.84 Å². The fourth-order valence-corrected chi connectivity index (χ4v) is 6.98. The van der Waals surface area contributed by atoms with Crippen molar-refractivity contribution in [3.8, 4) is 6.07 Å². The van der Waals surface area contributed by atoms with Gasteiger partial charge in [-0.3, -0.25) is 4.98 Å². The van der Waals surface area contributed by atoms with Crippen LogP contribution in [0.1, 0.15) is 130 Å². The van der Waals surface area contributed by atoms with Crippen molar-refractivity contribution in [2.45, 2.75) is 108 Å². The van der Waals surface area contributed by atoms with Crippen molar-refractivity contribution in [1.82, 2.24) is 4.98 Å². The number of aromatic nitrogens is 1. The minimum atomic E-state index is -0.492. The van der Waals surface area contributed by atoms with E-state index in [4.69, 9.17) is 9.72 Å². The van der Waals surface area contributed by atoms with Gasteiger partial charge in [-0.25, -0.2) is 0 Å². The highest BCUT2D eigenvalue weighted by Gasteiger charge is 2.53. The molecule has 1 aromatic carbocycles. The van der Waals surface area contributed by atoms with E-state index in [2.05, 4.69) is 58.0 Å². The first kappa shape index (κ1) is 22.3. The van der Waals surface area contributed by atoms with Crippen LogP contribution in [0.2, 0.25) is 0 Å². The number of pyridine rings is 1. The topological polar surface area (TPSA) is 66.1 Å². The monoisotopic (exact) mass is 456 g/mol. The molecule has 0 amide bonds. The normalized spacial score (nSPS) is 27.4. The highest BCUT2D eigenvalue weighted by atomic mass is 16.5. The molecule has 2 saturated carbocycles. The van der Waals surface area contributed by atoms with E-state index in [-0.39, 0.29) is 28.5 Å². The predicted molar refractivity (Wildman–Crippen MR) is 131 cm³/mol. The maximum atomic E-state index is 11.4. The number of aliphatic hydroxyl groups is 1. The number of rotatable bonds is 3. The molecule has 4 nitrogen and oxygen atoms in total. The zero-order valence-electron chi connectivity index (χ0n) is 20.9. The summed E-state index contributed by atoms with van der Waals surface area (Å²) in [4.78, 5) is 5.26. The second kappa shape index (κ2) is 7.39. The Labute approximate surface area is 203 Å². The molecule has 1 aromatic heterocycles. The van der Waals surface area contributed by atoms with Crippen molar-refractivity contribution in [3.63, 3.8) is 0 Å². The summed E-state index contributed by atoms with van der Waals surface area (Å²) in [5.41, 5.74) is 7.47. The van der Waals surface area contributed by atoms with Crippen LogP contribution in [0.3, 0.4) is 0 Å². The van der Waals surface area contributed by atoms with E-state index < -0.39 is 6.10 Å². The molecule has 0 unspecified atom stereocenters. The van der Waals surface area contributed by atoms with Gasteiger partial charge in [-0.1, -0.05) is 64.8 Å².